The summed E-state index contributed by atoms with van der Waals surface area (Å²) in [4.78, 5) is 39.0. The quantitative estimate of drug-likeness (QED) is 0.0508. The lowest BCUT2D eigenvalue weighted by Crippen LogP contribution is -2.50. The van der Waals surface area contributed by atoms with Gasteiger partial charge in [-0.15, -0.1) is 0 Å². The van der Waals surface area contributed by atoms with Crippen molar-refractivity contribution in [2.24, 2.45) is 0 Å². The van der Waals surface area contributed by atoms with E-state index in [0.29, 0.717) is 29.5 Å². The summed E-state index contributed by atoms with van der Waals surface area (Å²) < 4.78 is 11.0. The molecule has 3 unspecified atom stereocenters. The van der Waals surface area contributed by atoms with Gasteiger partial charge in [0.15, 0.2) is 11.9 Å². The molecular weight excluding hydrogens is 646 g/mol. The fourth-order valence-corrected chi connectivity index (χ4v) is 5.10. The van der Waals surface area contributed by atoms with Gasteiger partial charge in [-0.2, -0.15) is 0 Å². The van der Waals surface area contributed by atoms with Crippen LogP contribution in [-0.2, 0) is 19.1 Å². The maximum atomic E-state index is 13.3. The molecule has 0 spiro atoms. The van der Waals surface area contributed by atoms with Gasteiger partial charge >= 0.3 is 11.9 Å². The van der Waals surface area contributed by atoms with Crippen LogP contribution in [0.1, 0.15) is 92.6 Å². The van der Waals surface area contributed by atoms with Crippen molar-refractivity contribution in [3.8, 4) is 0 Å². The molecule has 1 aliphatic heterocycles. The van der Waals surface area contributed by atoms with E-state index in [0.717, 1.165) is 32.1 Å². The fourth-order valence-electron chi connectivity index (χ4n) is 5.10. The van der Waals surface area contributed by atoms with Gasteiger partial charge in [0, 0.05) is 17.5 Å². The van der Waals surface area contributed by atoms with E-state index >= 15 is 0 Å². The van der Waals surface area contributed by atoms with Gasteiger partial charge in [0.25, 0.3) is 0 Å². The van der Waals surface area contributed by atoms with Crippen LogP contribution < -0.4 is 5.32 Å². The normalized spacial score (nSPS) is 18.6. The Hall–Kier alpha value is -4.83. The number of ketones is 1. The summed E-state index contributed by atoms with van der Waals surface area (Å²) in [7, 11) is 0. The van der Waals surface area contributed by atoms with Crippen LogP contribution in [0.2, 0.25) is 0 Å². The third-order valence-electron chi connectivity index (χ3n) is 8.10. The van der Waals surface area contributed by atoms with Gasteiger partial charge in [0.05, 0.1) is 12.5 Å². The highest BCUT2D eigenvalue weighted by molar-refractivity contribution is 6.09. The molecule has 9 nitrogen and oxygen atoms in total. The smallest absolute Gasteiger partial charge is 0.320 e. The van der Waals surface area contributed by atoms with Crippen LogP contribution in [0.4, 0.5) is 0 Å². The van der Waals surface area contributed by atoms with Crippen molar-refractivity contribution in [1.29, 1.82) is 0 Å². The molecular formula is C42H51NO8. The Kier molecular flexibility index (Phi) is 18.2. The largest absolute Gasteiger partial charge is 0.455 e. The number of aliphatic hydroxyl groups is 3. The van der Waals surface area contributed by atoms with Crippen LogP contribution in [0.25, 0.3) is 0 Å². The Bertz CT molecular complexity index is 1590. The highest BCUT2D eigenvalue weighted by Crippen LogP contribution is 2.27. The molecule has 1 aliphatic rings. The van der Waals surface area contributed by atoms with Gasteiger partial charge in [-0.25, -0.2) is 0 Å². The van der Waals surface area contributed by atoms with Crippen LogP contribution in [0.3, 0.4) is 0 Å². The van der Waals surface area contributed by atoms with Crippen molar-refractivity contribution >= 4 is 17.7 Å². The second kappa shape index (κ2) is 22.8. The van der Waals surface area contributed by atoms with Crippen molar-refractivity contribution in [2.45, 2.75) is 89.4 Å². The van der Waals surface area contributed by atoms with Gasteiger partial charge in [0.2, 0.25) is 5.91 Å². The van der Waals surface area contributed by atoms with Crippen LogP contribution in [-0.4, -0.2) is 57.9 Å². The summed E-state index contributed by atoms with van der Waals surface area (Å²) in [5.41, 5.74) is 1.09. The van der Waals surface area contributed by atoms with Crippen molar-refractivity contribution < 1.29 is 39.2 Å². The van der Waals surface area contributed by atoms with E-state index in [4.69, 9.17) is 9.47 Å². The summed E-state index contributed by atoms with van der Waals surface area (Å²) >= 11 is 0. The molecule has 9 heteroatoms. The van der Waals surface area contributed by atoms with E-state index < -0.39 is 48.7 Å². The molecule has 0 bridgehead atoms. The van der Waals surface area contributed by atoms with E-state index in [2.05, 4.69) is 60.8 Å². The number of amides is 1. The van der Waals surface area contributed by atoms with Gasteiger partial charge in [-0.3, -0.25) is 14.4 Å². The lowest BCUT2D eigenvalue weighted by atomic mass is 9.96. The Balaban J connectivity index is 1.51. The van der Waals surface area contributed by atoms with Crippen molar-refractivity contribution in [1.82, 2.24) is 5.32 Å². The Labute approximate surface area is 301 Å². The van der Waals surface area contributed by atoms with Crippen molar-refractivity contribution in [3.05, 3.63) is 144 Å². The fraction of sp³-hybridized carbons (Fsp3) is 0.357. The number of allylic oxidation sites excluding steroid dienone is 10. The summed E-state index contributed by atoms with van der Waals surface area (Å²) in [6.07, 6.45) is 22.5. The molecule has 4 atom stereocenters. The highest BCUT2D eigenvalue weighted by Gasteiger charge is 2.41. The summed E-state index contributed by atoms with van der Waals surface area (Å²) in [5, 5.41) is 33.4. The zero-order valence-corrected chi connectivity index (χ0v) is 29.5. The molecule has 2 aromatic carbocycles. The second-order valence-electron chi connectivity index (χ2n) is 12.1. The number of esters is 1. The molecule has 0 saturated heterocycles. The van der Waals surface area contributed by atoms with Gasteiger partial charge < -0.3 is 30.1 Å². The summed E-state index contributed by atoms with van der Waals surface area (Å²) in [6, 6.07) is 15.4. The monoisotopic (exact) mass is 697 g/mol. The van der Waals surface area contributed by atoms with E-state index in [-0.39, 0.29) is 17.9 Å². The molecule has 0 fully saturated rings. The minimum Gasteiger partial charge on any atom is -0.455 e. The minimum atomic E-state index is -1.68. The lowest BCUT2D eigenvalue weighted by molar-refractivity contribution is -0.164. The molecule has 0 radical (unpaired) electrons. The molecule has 3 rings (SSSR count). The third kappa shape index (κ3) is 13.8. The number of carbonyl (C=O) groups excluding carboxylic acids is 3. The van der Waals surface area contributed by atoms with Gasteiger partial charge in [-0.1, -0.05) is 116 Å². The number of carbonyl (C=O) groups is 3. The number of aliphatic hydroxyl groups excluding tert-OH is 3. The molecule has 51 heavy (non-hydrogen) atoms. The molecule has 2 aromatic rings. The number of ether oxygens (including phenoxy) is 2. The minimum absolute atomic E-state index is 0.101. The predicted octanol–water partition coefficient (Wildman–Crippen LogP) is 6.88. The molecule has 1 amide bonds. The first-order valence-electron chi connectivity index (χ1n) is 17.6. The topological polar surface area (TPSA) is 142 Å². The van der Waals surface area contributed by atoms with Crippen LogP contribution in [0, 0.1) is 0 Å². The maximum absolute atomic E-state index is 13.3. The zero-order chi connectivity index (χ0) is 36.8. The first kappa shape index (κ1) is 40.6. The summed E-state index contributed by atoms with van der Waals surface area (Å²) in [6.45, 7) is 3.03. The van der Waals surface area contributed by atoms with Gasteiger partial charge in [-0.05, 0) is 63.5 Å². The SMILES string of the molecule is CC/C=C\C/C=C\C/C=C\C/C=C\C/C=C\CCCC(=O)NC1=C(OC(=O)C(C)c2cccc(C(=O)c3ccccc3)c2)OC(CO)[C@@H](O)C1O. The molecule has 0 aliphatic carbocycles. The van der Waals surface area contributed by atoms with E-state index in [1.165, 1.54) is 0 Å². The molecule has 1 heterocycles. The number of hydrogen-bond donors (Lipinski definition) is 4. The first-order valence-corrected chi connectivity index (χ1v) is 17.6. The number of nitrogens with one attached hydrogen (secondary N) is 1. The van der Waals surface area contributed by atoms with Crippen molar-refractivity contribution in [3.63, 3.8) is 0 Å². The average molecular weight is 698 g/mol. The Morgan fingerprint density at radius 2 is 1.41 bits per heavy atom. The van der Waals surface area contributed by atoms with Crippen molar-refractivity contribution in [2.75, 3.05) is 6.61 Å². The number of unbranched alkanes of at least 4 members (excludes halogenated alkanes) is 1. The highest BCUT2D eigenvalue weighted by atomic mass is 16.7. The number of benzene rings is 2. The van der Waals surface area contributed by atoms with E-state index in [9.17, 15) is 29.7 Å². The lowest BCUT2D eigenvalue weighted by Gasteiger charge is -2.34. The van der Waals surface area contributed by atoms with Crippen LogP contribution in [0.15, 0.2) is 127 Å². The van der Waals surface area contributed by atoms with E-state index in [1.54, 1.807) is 55.5 Å². The molecule has 272 valence electrons. The summed E-state index contributed by atoms with van der Waals surface area (Å²) in [5.74, 6) is -2.85. The maximum Gasteiger partial charge on any atom is 0.320 e. The molecule has 4 N–H and O–H groups in total. The average Bonchev–Trinajstić information content (AvgIpc) is 3.15. The first-order chi connectivity index (χ1) is 24.8. The molecule has 0 saturated carbocycles. The number of hydrogen-bond acceptors (Lipinski definition) is 8. The number of rotatable bonds is 20. The zero-order valence-electron chi connectivity index (χ0n) is 29.5. The Morgan fingerprint density at radius 1 is 0.824 bits per heavy atom. The Morgan fingerprint density at radius 3 is 2.02 bits per heavy atom. The third-order valence-corrected chi connectivity index (χ3v) is 8.10. The van der Waals surface area contributed by atoms with E-state index in [1.807, 2.05) is 18.2 Å². The predicted molar refractivity (Wildman–Crippen MR) is 198 cm³/mol. The molecule has 0 aromatic heterocycles. The van der Waals surface area contributed by atoms with Crippen LogP contribution >= 0.6 is 0 Å². The second-order valence-corrected chi connectivity index (χ2v) is 12.1. The standard InChI is InChI=1S/C42H51NO8/c1-3-4-5-6-7-8-9-10-11-12-13-14-15-16-17-18-22-28-36(45)43-37-40(48)39(47)35(30-44)50-42(37)51-41(49)31(2)33-26-23-27-34(29-33)38(46)32-24-20-19-21-25-32/h4-5,7-8,10-11,13-14,16-17,19-21,23-27,29,31,35,39-40,44,47-48H,3,6,9,12,15,18,22,28,30H2,1-2H3,(H,43,45)/b5-4-,8-7-,11-10-,14-13-,17-16-/t31?,35?,39-,40?/m1/s1. The van der Waals surface area contributed by atoms with Gasteiger partial charge in [0.1, 0.15) is 17.9 Å². The van der Waals surface area contributed by atoms with Crippen LogP contribution in [0.5, 0.6) is 0 Å².